The van der Waals surface area contributed by atoms with Crippen molar-refractivity contribution in [3.63, 3.8) is 0 Å². The smallest absolute Gasteiger partial charge is 0.223 e. The van der Waals surface area contributed by atoms with Crippen molar-refractivity contribution in [2.75, 3.05) is 33.4 Å². The second-order valence-corrected chi connectivity index (χ2v) is 5.55. The Hall–Kier alpha value is -0.610. The summed E-state index contributed by atoms with van der Waals surface area (Å²) in [6.45, 7) is 3.05. The minimum atomic E-state index is 0.220. The summed E-state index contributed by atoms with van der Waals surface area (Å²) in [7, 11) is 1.77. The molecule has 0 bridgehead atoms. The Morgan fingerprint density at radius 2 is 2.35 bits per heavy atom. The molecule has 1 aliphatic heterocycles. The predicted molar refractivity (Wildman–Crippen MR) is 66.5 cm³/mol. The highest BCUT2D eigenvalue weighted by Crippen LogP contribution is 2.46. The maximum atomic E-state index is 11.9. The first-order valence-electron chi connectivity index (χ1n) is 6.68. The maximum Gasteiger partial charge on any atom is 0.223 e. The van der Waals surface area contributed by atoms with E-state index >= 15 is 0 Å². The van der Waals surface area contributed by atoms with E-state index in [1.165, 1.54) is 25.7 Å². The van der Waals surface area contributed by atoms with Crippen molar-refractivity contribution >= 4 is 5.91 Å². The number of amides is 1. The average molecular weight is 240 g/mol. The molecule has 1 heterocycles. The standard InChI is InChI=1S/C13H24N2O2/c1-17-10-13-6-3-2-4-11(13)8-15(9-13)12(16)5-7-14/h11H,2-10,14H2,1H3/t11-,13-/m1/s1. The highest BCUT2D eigenvalue weighted by Gasteiger charge is 2.48. The number of rotatable bonds is 4. The number of nitrogens with zero attached hydrogens (tertiary/aromatic N) is 1. The first-order valence-corrected chi connectivity index (χ1v) is 6.68. The Balaban J connectivity index is 2.05. The lowest BCUT2D eigenvalue weighted by Crippen LogP contribution is -2.38. The molecule has 0 aromatic carbocycles. The van der Waals surface area contributed by atoms with Crippen LogP contribution in [0.15, 0.2) is 0 Å². The van der Waals surface area contributed by atoms with Crippen molar-refractivity contribution in [2.45, 2.75) is 32.1 Å². The summed E-state index contributed by atoms with van der Waals surface area (Å²) < 4.78 is 5.41. The van der Waals surface area contributed by atoms with Crippen LogP contribution in [-0.4, -0.2) is 44.2 Å². The molecule has 0 spiro atoms. The fourth-order valence-electron chi connectivity index (χ4n) is 3.58. The fraction of sp³-hybridized carbons (Fsp3) is 0.923. The molecule has 1 amide bonds. The zero-order chi connectivity index (χ0) is 12.3. The third kappa shape index (κ3) is 2.47. The number of methoxy groups -OCH3 is 1. The minimum absolute atomic E-state index is 0.220. The van der Waals surface area contributed by atoms with Crippen molar-refractivity contribution in [1.29, 1.82) is 0 Å². The van der Waals surface area contributed by atoms with Crippen molar-refractivity contribution in [3.05, 3.63) is 0 Å². The third-order valence-electron chi connectivity index (χ3n) is 4.43. The molecule has 0 aromatic rings. The second kappa shape index (κ2) is 5.36. The van der Waals surface area contributed by atoms with Crippen molar-refractivity contribution in [3.8, 4) is 0 Å². The number of hydrogen-bond acceptors (Lipinski definition) is 3. The van der Waals surface area contributed by atoms with Crippen LogP contribution in [0.25, 0.3) is 0 Å². The summed E-state index contributed by atoms with van der Waals surface area (Å²) in [5.41, 5.74) is 5.70. The topological polar surface area (TPSA) is 55.6 Å². The molecule has 2 aliphatic rings. The van der Waals surface area contributed by atoms with Gasteiger partial charge < -0.3 is 15.4 Å². The summed E-state index contributed by atoms with van der Waals surface area (Å²) in [6, 6.07) is 0. The molecular weight excluding hydrogens is 216 g/mol. The molecule has 2 rings (SSSR count). The molecule has 0 unspecified atom stereocenters. The fourth-order valence-corrected chi connectivity index (χ4v) is 3.58. The van der Waals surface area contributed by atoms with Crippen molar-refractivity contribution < 1.29 is 9.53 Å². The molecule has 1 saturated heterocycles. The quantitative estimate of drug-likeness (QED) is 0.797. The number of carbonyl (C=O) groups is 1. The molecule has 2 atom stereocenters. The molecular formula is C13H24N2O2. The van der Waals surface area contributed by atoms with E-state index in [9.17, 15) is 4.79 Å². The Labute approximate surface area is 103 Å². The van der Waals surface area contributed by atoms with Crippen LogP contribution in [-0.2, 0) is 9.53 Å². The first-order chi connectivity index (χ1) is 8.22. The van der Waals surface area contributed by atoms with Crippen LogP contribution in [0.1, 0.15) is 32.1 Å². The van der Waals surface area contributed by atoms with Gasteiger partial charge in [0.2, 0.25) is 5.91 Å². The van der Waals surface area contributed by atoms with Crippen LogP contribution in [0.4, 0.5) is 0 Å². The number of ether oxygens (including phenoxy) is 1. The van der Waals surface area contributed by atoms with Gasteiger partial charge in [-0.05, 0) is 18.8 Å². The highest BCUT2D eigenvalue weighted by molar-refractivity contribution is 5.76. The minimum Gasteiger partial charge on any atom is -0.384 e. The zero-order valence-electron chi connectivity index (χ0n) is 10.8. The van der Waals surface area contributed by atoms with Crippen LogP contribution in [0, 0.1) is 11.3 Å². The number of carbonyl (C=O) groups excluding carboxylic acids is 1. The van der Waals surface area contributed by atoms with Crippen molar-refractivity contribution in [2.24, 2.45) is 17.1 Å². The Bertz CT molecular complexity index is 279. The first kappa shape index (κ1) is 12.8. The monoisotopic (exact) mass is 240 g/mol. The van der Waals surface area contributed by atoms with E-state index < -0.39 is 0 Å². The van der Waals surface area contributed by atoms with Gasteiger partial charge in [-0.15, -0.1) is 0 Å². The molecule has 0 radical (unpaired) electrons. The highest BCUT2D eigenvalue weighted by atomic mass is 16.5. The van der Waals surface area contributed by atoms with Gasteiger partial charge in [-0.25, -0.2) is 0 Å². The Morgan fingerprint density at radius 1 is 1.53 bits per heavy atom. The average Bonchev–Trinajstić information content (AvgIpc) is 2.69. The van der Waals surface area contributed by atoms with Crippen molar-refractivity contribution in [1.82, 2.24) is 4.90 Å². The SMILES string of the molecule is COC[C@]12CCCC[C@@H]1CN(C(=O)CCN)C2. The third-order valence-corrected chi connectivity index (χ3v) is 4.43. The number of fused-ring (bicyclic) bond motifs is 1. The van der Waals surface area contributed by atoms with Gasteiger partial charge in [-0.2, -0.15) is 0 Å². The molecule has 1 aliphatic carbocycles. The number of nitrogens with two attached hydrogens (primary N) is 1. The lowest BCUT2D eigenvalue weighted by atomic mass is 9.69. The number of likely N-dealkylation sites (tertiary alicyclic amines) is 1. The van der Waals surface area contributed by atoms with Gasteiger partial charge in [0.05, 0.1) is 6.61 Å². The van der Waals surface area contributed by atoms with E-state index in [1.54, 1.807) is 7.11 Å². The van der Waals surface area contributed by atoms with Crippen LogP contribution in [0.5, 0.6) is 0 Å². The zero-order valence-corrected chi connectivity index (χ0v) is 10.8. The van der Waals surface area contributed by atoms with E-state index in [-0.39, 0.29) is 11.3 Å². The van der Waals surface area contributed by atoms with Gasteiger partial charge in [0.1, 0.15) is 0 Å². The van der Waals surface area contributed by atoms with E-state index in [1.807, 2.05) is 4.90 Å². The van der Waals surface area contributed by atoms with Gasteiger partial charge in [0, 0.05) is 38.6 Å². The maximum absolute atomic E-state index is 11.9. The molecule has 2 fully saturated rings. The van der Waals surface area contributed by atoms with E-state index in [4.69, 9.17) is 10.5 Å². The van der Waals surface area contributed by atoms with Gasteiger partial charge in [-0.3, -0.25) is 4.79 Å². The van der Waals surface area contributed by atoms with Crippen LogP contribution in [0.3, 0.4) is 0 Å². The summed E-state index contributed by atoms with van der Waals surface area (Å²) in [5.74, 6) is 0.857. The predicted octanol–water partition coefficient (Wildman–Crippen LogP) is 1.00. The number of hydrogen-bond donors (Lipinski definition) is 1. The normalized spacial score (nSPS) is 32.6. The molecule has 98 valence electrons. The van der Waals surface area contributed by atoms with E-state index in [0.29, 0.717) is 18.9 Å². The van der Waals surface area contributed by atoms with Gasteiger partial charge in [0.25, 0.3) is 0 Å². The summed E-state index contributed by atoms with van der Waals surface area (Å²) in [5, 5.41) is 0. The summed E-state index contributed by atoms with van der Waals surface area (Å²) in [4.78, 5) is 14.0. The molecule has 4 nitrogen and oxygen atoms in total. The summed E-state index contributed by atoms with van der Waals surface area (Å²) >= 11 is 0. The van der Waals surface area contributed by atoms with Crippen LogP contribution in [0.2, 0.25) is 0 Å². The van der Waals surface area contributed by atoms with Gasteiger partial charge >= 0.3 is 0 Å². The molecule has 1 saturated carbocycles. The molecule has 2 N–H and O–H groups in total. The lowest BCUT2D eigenvalue weighted by molar-refractivity contribution is -0.130. The Kier molecular flexibility index (Phi) is 4.05. The second-order valence-electron chi connectivity index (χ2n) is 5.55. The van der Waals surface area contributed by atoms with Crippen LogP contribution >= 0.6 is 0 Å². The van der Waals surface area contributed by atoms with E-state index in [0.717, 1.165) is 19.7 Å². The van der Waals surface area contributed by atoms with Gasteiger partial charge in [-0.1, -0.05) is 12.8 Å². The summed E-state index contributed by atoms with van der Waals surface area (Å²) in [6.07, 6.45) is 5.51. The van der Waals surface area contributed by atoms with E-state index in [2.05, 4.69) is 0 Å². The molecule has 17 heavy (non-hydrogen) atoms. The largest absolute Gasteiger partial charge is 0.384 e. The molecule has 4 heteroatoms. The lowest BCUT2D eigenvalue weighted by Gasteiger charge is -2.37. The Morgan fingerprint density at radius 3 is 3.06 bits per heavy atom. The van der Waals surface area contributed by atoms with Crippen LogP contribution < -0.4 is 5.73 Å². The molecule has 0 aromatic heterocycles. The van der Waals surface area contributed by atoms with Gasteiger partial charge in [0.15, 0.2) is 0 Å².